The fourth-order valence-electron chi connectivity index (χ4n) is 3.11. The van der Waals surface area contributed by atoms with Gasteiger partial charge in [0, 0.05) is 16.7 Å². The highest BCUT2D eigenvalue weighted by atomic mass is 35.5. The van der Waals surface area contributed by atoms with Crippen molar-refractivity contribution in [3.05, 3.63) is 75.7 Å². The number of allylic oxidation sites excluding steroid dienone is 1. The fourth-order valence-corrected chi connectivity index (χ4v) is 3.33. The lowest BCUT2D eigenvalue weighted by atomic mass is 9.84. The molecule has 1 aliphatic heterocycles. The molecule has 0 unspecified atom stereocenters. The van der Waals surface area contributed by atoms with Crippen LogP contribution >= 0.6 is 11.6 Å². The molecule has 1 atom stereocenters. The Labute approximate surface area is 174 Å². The van der Waals surface area contributed by atoms with Gasteiger partial charge in [-0.2, -0.15) is 5.26 Å². The maximum Gasteiger partial charge on any atom is 0.319 e. The molecule has 1 aliphatic rings. The summed E-state index contributed by atoms with van der Waals surface area (Å²) in [7, 11) is 0. The summed E-state index contributed by atoms with van der Waals surface area (Å²) in [5.74, 6) is 0.0944. The van der Waals surface area contributed by atoms with Crippen molar-refractivity contribution in [3.63, 3.8) is 0 Å². The predicted molar refractivity (Wildman–Crippen MR) is 109 cm³/mol. The smallest absolute Gasteiger partial charge is 0.319 e. The van der Waals surface area contributed by atoms with Gasteiger partial charge in [0.15, 0.2) is 0 Å². The minimum atomic E-state index is -0.557. The number of ether oxygens (including phenoxy) is 1. The maximum absolute atomic E-state index is 13.9. The third kappa shape index (κ3) is 4.52. The molecule has 0 saturated carbocycles. The maximum atomic E-state index is 13.9. The monoisotopic (exact) mass is 413 g/mol. The first-order chi connectivity index (χ1) is 13.7. The predicted octanol–water partition coefficient (Wildman–Crippen LogP) is 5.24. The number of nitrogens with one attached hydrogen (secondary N) is 2. The molecule has 1 heterocycles. The van der Waals surface area contributed by atoms with Crippen LogP contribution in [-0.2, 0) is 6.61 Å². The van der Waals surface area contributed by atoms with Crippen LogP contribution in [0.4, 0.5) is 9.18 Å². The Bertz CT molecular complexity index is 984. The van der Waals surface area contributed by atoms with Crippen molar-refractivity contribution in [1.29, 1.82) is 5.26 Å². The molecule has 2 N–H and O–H groups in total. The highest BCUT2D eigenvalue weighted by Crippen LogP contribution is 2.35. The molecular formula is C22H21ClFN3O2. The quantitative estimate of drug-likeness (QED) is 0.720. The van der Waals surface area contributed by atoms with Crippen LogP contribution < -0.4 is 15.4 Å². The summed E-state index contributed by atoms with van der Waals surface area (Å²) in [5, 5.41) is 15.5. The number of carbonyl (C=O) groups excluding carboxylic acids is 1. The molecule has 7 heteroatoms. The van der Waals surface area contributed by atoms with Crippen LogP contribution in [0.2, 0.25) is 5.02 Å². The molecule has 29 heavy (non-hydrogen) atoms. The molecule has 0 spiro atoms. The minimum Gasteiger partial charge on any atom is -0.489 e. The Morgan fingerprint density at radius 1 is 1.21 bits per heavy atom. The van der Waals surface area contributed by atoms with Crippen molar-refractivity contribution in [1.82, 2.24) is 10.6 Å². The van der Waals surface area contributed by atoms with Crippen LogP contribution in [0.3, 0.4) is 0 Å². The Morgan fingerprint density at radius 2 is 1.90 bits per heavy atom. The number of nitrogens with zero attached hydrogens (tertiary/aromatic N) is 1. The van der Waals surface area contributed by atoms with E-state index in [0.29, 0.717) is 22.0 Å². The van der Waals surface area contributed by atoms with Crippen LogP contribution in [-0.4, -0.2) is 6.03 Å². The molecule has 0 fully saturated rings. The van der Waals surface area contributed by atoms with Gasteiger partial charge in [0.2, 0.25) is 0 Å². The first-order valence-corrected chi connectivity index (χ1v) is 9.46. The summed E-state index contributed by atoms with van der Waals surface area (Å²) in [4.78, 5) is 12.1. The Balaban J connectivity index is 1.82. The van der Waals surface area contributed by atoms with Crippen molar-refractivity contribution in [2.24, 2.45) is 5.41 Å². The third-order valence-corrected chi connectivity index (χ3v) is 4.95. The van der Waals surface area contributed by atoms with Crippen molar-refractivity contribution in [2.75, 3.05) is 0 Å². The van der Waals surface area contributed by atoms with Crippen molar-refractivity contribution >= 4 is 17.6 Å². The van der Waals surface area contributed by atoms with E-state index < -0.39 is 11.9 Å². The van der Waals surface area contributed by atoms with Crippen molar-refractivity contribution < 1.29 is 13.9 Å². The second-order valence-corrected chi connectivity index (χ2v) is 8.15. The molecule has 0 aliphatic carbocycles. The van der Waals surface area contributed by atoms with E-state index >= 15 is 0 Å². The second kappa shape index (κ2) is 8.14. The summed E-state index contributed by atoms with van der Waals surface area (Å²) in [5.41, 5.74) is 1.71. The molecule has 0 aromatic heterocycles. The van der Waals surface area contributed by atoms with E-state index in [4.69, 9.17) is 16.3 Å². The zero-order valence-corrected chi connectivity index (χ0v) is 17.1. The van der Waals surface area contributed by atoms with E-state index in [1.807, 2.05) is 20.8 Å². The van der Waals surface area contributed by atoms with Gasteiger partial charge in [0.1, 0.15) is 18.2 Å². The molecule has 0 radical (unpaired) electrons. The fraction of sp³-hybridized carbons (Fsp3) is 0.273. The Hall–Kier alpha value is -3.04. The molecule has 0 saturated heterocycles. The van der Waals surface area contributed by atoms with Gasteiger partial charge >= 0.3 is 6.03 Å². The van der Waals surface area contributed by atoms with E-state index in [0.717, 1.165) is 5.56 Å². The molecule has 150 valence electrons. The summed E-state index contributed by atoms with van der Waals surface area (Å²) < 4.78 is 19.5. The summed E-state index contributed by atoms with van der Waals surface area (Å²) >= 11 is 6.02. The van der Waals surface area contributed by atoms with Gasteiger partial charge < -0.3 is 15.4 Å². The molecule has 0 bridgehead atoms. The summed E-state index contributed by atoms with van der Waals surface area (Å²) in [6.07, 6.45) is 0. The normalized spacial score (nSPS) is 16.7. The summed E-state index contributed by atoms with van der Waals surface area (Å²) in [6, 6.07) is 12.7. The lowest BCUT2D eigenvalue weighted by Crippen LogP contribution is -2.46. The zero-order chi connectivity index (χ0) is 21.2. The average molecular weight is 414 g/mol. The minimum absolute atomic E-state index is 0.00748. The van der Waals surface area contributed by atoms with E-state index in [1.165, 1.54) is 12.1 Å². The van der Waals surface area contributed by atoms with Crippen LogP contribution in [0, 0.1) is 22.6 Å². The highest BCUT2D eigenvalue weighted by Gasteiger charge is 2.33. The SMILES string of the molecule is CC(C)(C)C1=C(C#N)[C@H](c2ccc(OCc3c(F)cccc3Cl)cc2)NC(=O)N1. The van der Waals surface area contributed by atoms with Gasteiger partial charge in [-0.1, -0.05) is 50.6 Å². The van der Waals surface area contributed by atoms with Crippen LogP contribution in [0.5, 0.6) is 5.75 Å². The van der Waals surface area contributed by atoms with Crippen LogP contribution in [0.25, 0.3) is 0 Å². The standard InChI is InChI=1S/C22H21ClFN3O2/c1-22(2,3)20-15(11-25)19(26-21(28)27-20)13-7-9-14(10-8-13)29-12-16-17(23)5-4-6-18(16)24/h4-10,19H,12H2,1-3H3,(H2,26,27,28)/t19-/m0/s1. The van der Waals surface area contributed by atoms with E-state index in [1.54, 1.807) is 30.3 Å². The molecule has 3 rings (SSSR count). The Kier molecular flexibility index (Phi) is 5.81. The molecule has 2 aromatic carbocycles. The van der Waals surface area contributed by atoms with Gasteiger partial charge in [0.25, 0.3) is 0 Å². The number of amides is 2. The number of halogens is 2. The van der Waals surface area contributed by atoms with Crippen LogP contribution in [0.15, 0.2) is 53.7 Å². The number of hydrogen-bond acceptors (Lipinski definition) is 3. The number of urea groups is 1. The molecular weight excluding hydrogens is 393 g/mol. The number of hydrogen-bond donors (Lipinski definition) is 2. The average Bonchev–Trinajstić information content (AvgIpc) is 2.67. The lowest BCUT2D eigenvalue weighted by Gasteiger charge is -2.33. The molecule has 5 nitrogen and oxygen atoms in total. The lowest BCUT2D eigenvalue weighted by molar-refractivity contribution is 0.235. The third-order valence-electron chi connectivity index (χ3n) is 4.60. The second-order valence-electron chi connectivity index (χ2n) is 7.74. The van der Waals surface area contributed by atoms with Crippen LogP contribution in [0.1, 0.15) is 37.9 Å². The highest BCUT2D eigenvalue weighted by molar-refractivity contribution is 6.31. The Morgan fingerprint density at radius 3 is 2.48 bits per heavy atom. The number of carbonyl (C=O) groups is 1. The first kappa shape index (κ1) is 20.7. The number of rotatable bonds is 4. The van der Waals surface area contributed by atoms with E-state index in [9.17, 15) is 14.4 Å². The molecule has 2 aromatic rings. The number of benzene rings is 2. The zero-order valence-electron chi connectivity index (χ0n) is 16.3. The van der Waals surface area contributed by atoms with Crippen molar-refractivity contribution in [2.45, 2.75) is 33.4 Å². The molecule has 2 amide bonds. The van der Waals surface area contributed by atoms with E-state index in [-0.39, 0.29) is 23.6 Å². The van der Waals surface area contributed by atoms with Gasteiger partial charge in [0.05, 0.1) is 22.7 Å². The topological polar surface area (TPSA) is 74.1 Å². The van der Waals surface area contributed by atoms with E-state index in [2.05, 4.69) is 16.7 Å². The van der Waals surface area contributed by atoms with Gasteiger partial charge in [-0.05, 0) is 29.8 Å². The van der Waals surface area contributed by atoms with Gasteiger partial charge in [-0.3, -0.25) is 0 Å². The van der Waals surface area contributed by atoms with Gasteiger partial charge in [-0.25, -0.2) is 9.18 Å². The first-order valence-electron chi connectivity index (χ1n) is 9.08. The van der Waals surface area contributed by atoms with Gasteiger partial charge in [-0.15, -0.1) is 0 Å². The van der Waals surface area contributed by atoms with Crippen molar-refractivity contribution in [3.8, 4) is 11.8 Å². The summed E-state index contributed by atoms with van der Waals surface area (Å²) in [6.45, 7) is 5.81. The largest absolute Gasteiger partial charge is 0.489 e. The number of nitriles is 1.